The lowest BCUT2D eigenvalue weighted by molar-refractivity contribution is 0.622. The molecular weight excluding hydrogens is 206 g/mol. The Hall–Kier alpha value is -1.98. The largest absolute Gasteiger partial charge is 0.268 e. The molecular formula is C10H13N5O. The molecule has 0 atom stereocenters. The van der Waals surface area contributed by atoms with Gasteiger partial charge in [-0.2, -0.15) is 10.2 Å². The monoisotopic (exact) mass is 219 g/mol. The normalized spacial score (nSPS) is 10.9. The molecule has 16 heavy (non-hydrogen) atoms. The molecule has 0 saturated heterocycles. The molecule has 6 nitrogen and oxygen atoms in total. The van der Waals surface area contributed by atoms with E-state index in [4.69, 9.17) is 0 Å². The van der Waals surface area contributed by atoms with Gasteiger partial charge < -0.3 is 0 Å². The second kappa shape index (κ2) is 4.26. The molecule has 0 aliphatic rings. The van der Waals surface area contributed by atoms with Crippen molar-refractivity contribution in [1.82, 2.24) is 25.4 Å². The number of nitrogens with one attached hydrogen (secondary N) is 2. The Balaban J connectivity index is 2.24. The number of aromatic nitrogens is 5. The molecule has 0 saturated carbocycles. The summed E-state index contributed by atoms with van der Waals surface area (Å²) < 4.78 is 0. The van der Waals surface area contributed by atoms with Gasteiger partial charge in [-0.25, -0.2) is 10.1 Å². The topological polar surface area (TPSA) is 87.3 Å². The lowest BCUT2D eigenvalue weighted by Crippen LogP contribution is -2.06. The lowest BCUT2D eigenvalue weighted by Gasteiger charge is -1.97. The third kappa shape index (κ3) is 2.33. The Morgan fingerprint density at radius 1 is 1.25 bits per heavy atom. The first kappa shape index (κ1) is 10.5. The van der Waals surface area contributed by atoms with Gasteiger partial charge in [0.15, 0.2) is 0 Å². The smallest absolute Gasteiger partial charge is 0.264 e. The van der Waals surface area contributed by atoms with Crippen molar-refractivity contribution in [1.29, 1.82) is 0 Å². The van der Waals surface area contributed by atoms with E-state index < -0.39 is 0 Å². The summed E-state index contributed by atoms with van der Waals surface area (Å²) in [5.41, 5.74) is 0.326. The predicted molar refractivity (Wildman–Crippen MR) is 58.8 cm³/mol. The molecule has 0 aliphatic heterocycles. The summed E-state index contributed by atoms with van der Waals surface area (Å²) in [5, 5.41) is 13.1. The van der Waals surface area contributed by atoms with Gasteiger partial charge in [0.25, 0.3) is 5.56 Å². The maximum atomic E-state index is 10.8. The van der Waals surface area contributed by atoms with Gasteiger partial charge in [-0.3, -0.25) is 9.89 Å². The van der Waals surface area contributed by atoms with Crippen LogP contribution in [0, 0.1) is 5.92 Å². The van der Waals surface area contributed by atoms with Crippen LogP contribution in [0.5, 0.6) is 0 Å². The summed E-state index contributed by atoms with van der Waals surface area (Å²) in [4.78, 5) is 15.1. The zero-order valence-electron chi connectivity index (χ0n) is 9.19. The van der Waals surface area contributed by atoms with Crippen LogP contribution in [-0.2, 0) is 6.42 Å². The molecule has 6 heteroatoms. The Bertz CT molecular complexity index is 508. The van der Waals surface area contributed by atoms with Crippen LogP contribution in [0.2, 0.25) is 0 Å². The van der Waals surface area contributed by atoms with Gasteiger partial charge in [0.05, 0.1) is 0 Å². The van der Waals surface area contributed by atoms with E-state index >= 15 is 0 Å². The van der Waals surface area contributed by atoms with Crippen LogP contribution in [0.3, 0.4) is 0 Å². The molecule has 0 radical (unpaired) electrons. The maximum absolute atomic E-state index is 10.8. The first-order valence-electron chi connectivity index (χ1n) is 5.12. The Labute approximate surface area is 92.1 Å². The summed E-state index contributed by atoms with van der Waals surface area (Å²) in [5.74, 6) is 1.86. The van der Waals surface area contributed by atoms with Crippen LogP contribution in [0.15, 0.2) is 16.9 Å². The Morgan fingerprint density at radius 3 is 2.69 bits per heavy atom. The molecule has 0 fully saturated rings. The highest BCUT2D eigenvalue weighted by molar-refractivity contribution is 5.46. The van der Waals surface area contributed by atoms with Crippen LogP contribution < -0.4 is 5.56 Å². The summed E-state index contributed by atoms with van der Waals surface area (Å²) in [6, 6.07) is 3.00. The number of nitrogens with zero attached hydrogens (tertiary/aromatic N) is 3. The highest BCUT2D eigenvalue weighted by Crippen LogP contribution is 2.10. The van der Waals surface area contributed by atoms with Crippen molar-refractivity contribution in [3.63, 3.8) is 0 Å². The molecule has 0 spiro atoms. The quantitative estimate of drug-likeness (QED) is 0.797. The predicted octanol–water partition coefficient (Wildman–Crippen LogP) is 0.753. The number of hydrogen-bond donors (Lipinski definition) is 2. The van der Waals surface area contributed by atoms with Crippen molar-refractivity contribution in [3.05, 3.63) is 28.3 Å². The third-order valence-electron chi connectivity index (χ3n) is 2.04. The van der Waals surface area contributed by atoms with Crippen LogP contribution >= 0.6 is 0 Å². The molecule has 0 unspecified atom stereocenters. The standard InChI is InChI=1S/C10H13N5O/c1-6(2)5-8-11-10(15-13-8)7-3-4-9(16)14-12-7/h3-4,6H,5H2,1-2H3,(H,14,16)(H,11,13,15). The van der Waals surface area contributed by atoms with E-state index in [-0.39, 0.29) is 5.56 Å². The van der Waals surface area contributed by atoms with E-state index in [0.29, 0.717) is 17.4 Å². The molecule has 2 aromatic rings. The number of hydrogen-bond acceptors (Lipinski definition) is 4. The molecule has 2 heterocycles. The fourth-order valence-corrected chi connectivity index (χ4v) is 1.36. The van der Waals surface area contributed by atoms with E-state index in [9.17, 15) is 4.79 Å². The fraction of sp³-hybridized carbons (Fsp3) is 0.400. The molecule has 2 rings (SSSR count). The van der Waals surface area contributed by atoms with Crippen LogP contribution in [0.25, 0.3) is 11.5 Å². The van der Waals surface area contributed by atoms with E-state index in [0.717, 1.165) is 12.2 Å². The first-order chi connectivity index (χ1) is 7.65. The van der Waals surface area contributed by atoms with Gasteiger partial charge in [-0.15, -0.1) is 0 Å². The van der Waals surface area contributed by atoms with Crippen molar-refractivity contribution < 1.29 is 0 Å². The highest BCUT2D eigenvalue weighted by Gasteiger charge is 2.08. The van der Waals surface area contributed by atoms with Crippen molar-refractivity contribution in [3.8, 4) is 11.5 Å². The maximum Gasteiger partial charge on any atom is 0.264 e. The fourth-order valence-electron chi connectivity index (χ4n) is 1.36. The summed E-state index contributed by atoms with van der Waals surface area (Å²) in [6.45, 7) is 4.22. The molecule has 0 aliphatic carbocycles. The van der Waals surface area contributed by atoms with Gasteiger partial charge in [0.1, 0.15) is 11.5 Å². The van der Waals surface area contributed by atoms with E-state index in [1.54, 1.807) is 6.07 Å². The van der Waals surface area contributed by atoms with Crippen LogP contribution in [0.4, 0.5) is 0 Å². The number of aromatic amines is 2. The lowest BCUT2D eigenvalue weighted by atomic mass is 10.1. The molecule has 0 bridgehead atoms. The average Bonchev–Trinajstić information content (AvgIpc) is 2.66. The van der Waals surface area contributed by atoms with Gasteiger partial charge in [0, 0.05) is 12.5 Å². The van der Waals surface area contributed by atoms with Crippen molar-refractivity contribution in [2.24, 2.45) is 5.92 Å². The molecule has 84 valence electrons. The SMILES string of the molecule is CC(C)Cc1nc(-c2ccc(=O)[nH]n2)n[nH]1. The zero-order valence-corrected chi connectivity index (χ0v) is 9.19. The zero-order chi connectivity index (χ0) is 11.5. The number of H-pyrrole nitrogens is 2. The van der Waals surface area contributed by atoms with Crippen LogP contribution in [0.1, 0.15) is 19.7 Å². The van der Waals surface area contributed by atoms with E-state index in [1.165, 1.54) is 6.07 Å². The van der Waals surface area contributed by atoms with Crippen molar-refractivity contribution >= 4 is 0 Å². The van der Waals surface area contributed by atoms with Gasteiger partial charge in [0.2, 0.25) is 5.82 Å². The van der Waals surface area contributed by atoms with E-state index in [2.05, 4.69) is 39.2 Å². The molecule has 2 N–H and O–H groups in total. The third-order valence-corrected chi connectivity index (χ3v) is 2.04. The minimum atomic E-state index is -0.235. The minimum absolute atomic E-state index is 0.235. The van der Waals surface area contributed by atoms with E-state index in [1.807, 2.05) is 0 Å². The summed E-state index contributed by atoms with van der Waals surface area (Å²) in [7, 11) is 0. The summed E-state index contributed by atoms with van der Waals surface area (Å²) >= 11 is 0. The number of rotatable bonds is 3. The minimum Gasteiger partial charge on any atom is -0.268 e. The first-order valence-corrected chi connectivity index (χ1v) is 5.12. The van der Waals surface area contributed by atoms with Gasteiger partial charge >= 0.3 is 0 Å². The second-order valence-corrected chi connectivity index (χ2v) is 4.01. The van der Waals surface area contributed by atoms with Gasteiger partial charge in [-0.1, -0.05) is 13.8 Å². The van der Waals surface area contributed by atoms with Gasteiger partial charge in [-0.05, 0) is 12.0 Å². The second-order valence-electron chi connectivity index (χ2n) is 4.01. The Morgan fingerprint density at radius 2 is 2.06 bits per heavy atom. The van der Waals surface area contributed by atoms with Crippen molar-refractivity contribution in [2.75, 3.05) is 0 Å². The molecule has 2 aromatic heterocycles. The molecule has 0 amide bonds. The molecule has 0 aromatic carbocycles. The summed E-state index contributed by atoms with van der Waals surface area (Å²) in [6.07, 6.45) is 0.844. The highest BCUT2D eigenvalue weighted by atomic mass is 16.1. The van der Waals surface area contributed by atoms with Crippen molar-refractivity contribution in [2.45, 2.75) is 20.3 Å². The van der Waals surface area contributed by atoms with Crippen LogP contribution in [-0.4, -0.2) is 25.4 Å². The average molecular weight is 219 g/mol. The Kier molecular flexibility index (Phi) is 2.80.